The normalized spacial score (nSPS) is 14.9. The first-order valence-corrected chi connectivity index (χ1v) is 6.45. The van der Waals surface area contributed by atoms with Crippen LogP contribution in [-0.4, -0.2) is 20.6 Å². The van der Waals surface area contributed by atoms with E-state index in [4.69, 9.17) is 0 Å². The minimum atomic E-state index is 0.730. The maximum atomic E-state index is 4.25. The van der Waals surface area contributed by atoms with E-state index in [2.05, 4.69) is 26.8 Å². The molecule has 4 nitrogen and oxygen atoms in total. The van der Waals surface area contributed by atoms with Gasteiger partial charge in [-0.3, -0.25) is 4.98 Å². The first-order chi connectivity index (χ1) is 8.83. The van der Waals surface area contributed by atoms with Crippen LogP contribution in [0.1, 0.15) is 29.7 Å². The Hall–Kier alpha value is -1.68. The van der Waals surface area contributed by atoms with Crippen LogP contribution in [-0.2, 0) is 13.1 Å². The summed E-state index contributed by atoms with van der Waals surface area (Å²) in [5.41, 5.74) is 3.77. The summed E-state index contributed by atoms with van der Waals surface area (Å²) >= 11 is 0. The second-order valence-corrected chi connectivity index (χ2v) is 4.97. The zero-order valence-corrected chi connectivity index (χ0v) is 10.6. The lowest BCUT2D eigenvalue weighted by atomic mass is 10.1. The Morgan fingerprint density at radius 2 is 2.22 bits per heavy atom. The molecule has 94 valence electrons. The number of nitrogens with one attached hydrogen (secondary N) is 1. The molecule has 1 saturated carbocycles. The number of aryl methyl sites for hydroxylation is 1. The van der Waals surface area contributed by atoms with Crippen LogP contribution in [0.3, 0.4) is 0 Å². The van der Waals surface area contributed by atoms with Crippen molar-refractivity contribution in [3.63, 3.8) is 0 Å². The summed E-state index contributed by atoms with van der Waals surface area (Å²) in [6, 6.07) is 2.78. The minimum Gasteiger partial charge on any atom is -0.329 e. The van der Waals surface area contributed by atoms with Gasteiger partial charge in [-0.2, -0.15) is 0 Å². The predicted molar refractivity (Wildman–Crippen MR) is 70.2 cm³/mol. The summed E-state index contributed by atoms with van der Waals surface area (Å²) in [4.78, 5) is 8.44. The van der Waals surface area contributed by atoms with Crippen molar-refractivity contribution in [2.75, 3.05) is 0 Å². The van der Waals surface area contributed by atoms with Gasteiger partial charge >= 0.3 is 0 Å². The van der Waals surface area contributed by atoms with Crippen molar-refractivity contribution in [3.8, 4) is 0 Å². The first kappa shape index (κ1) is 11.4. The van der Waals surface area contributed by atoms with Crippen LogP contribution in [0.5, 0.6) is 0 Å². The topological polar surface area (TPSA) is 42.7 Å². The van der Waals surface area contributed by atoms with Crippen molar-refractivity contribution in [1.82, 2.24) is 19.9 Å². The van der Waals surface area contributed by atoms with Gasteiger partial charge in [0.05, 0.1) is 18.6 Å². The molecule has 1 aliphatic carbocycles. The third kappa shape index (κ3) is 2.59. The average molecular weight is 242 g/mol. The van der Waals surface area contributed by atoms with Crippen molar-refractivity contribution in [3.05, 3.63) is 47.8 Å². The van der Waals surface area contributed by atoms with Crippen molar-refractivity contribution >= 4 is 0 Å². The van der Waals surface area contributed by atoms with Gasteiger partial charge in [0.1, 0.15) is 0 Å². The average Bonchev–Trinajstić information content (AvgIpc) is 3.10. The molecule has 18 heavy (non-hydrogen) atoms. The molecule has 2 aromatic rings. The van der Waals surface area contributed by atoms with Crippen LogP contribution < -0.4 is 5.32 Å². The number of pyridine rings is 1. The smallest absolute Gasteiger partial charge is 0.0951 e. The molecule has 4 heteroatoms. The highest BCUT2D eigenvalue weighted by atomic mass is 15.1. The maximum Gasteiger partial charge on any atom is 0.0951 e. The van der Waals surface area contributed by atoms with Crippen LogP contribution in [0.2, 0.25) is 0 Å². The van der Waals surface area contributed by atoms with Crippen LogP contribution in [0.25, 0.3) is 0 Å². The zero-order valence-electron chi connectivity index (χ0n) is 10.6. The molecular weight excluding hydrogens is 224 g/mol. The van der Waals surface area contributed by atoms with Gasteiger partial charge in [-0.05, 0) is 37.0 Å². The SMILES string of the molecule is Cc1ccncc1Cn1cncc1CNC1CC1. The van der Waals surface area contributed by atoms with Crippen molar-refractivity contribution in [2.24, 2.45) is 0 Å². The van der Waals surface area contributed by atoms with Gasteiger partial charge in [0.25, 0.3) is 0 Å². The fraction of sp³-hybridized carbons (Fsp3) is 0.429. The lowest BCUT2D eigenvalue weighted by Gasteiger charge is -2.10. The van der Waals surface area contributed by atoms with Crippen molar-refractivity contribution in [1.29, 1.82) is 0 Å². The lowest BCUT2D eigenvalue weighted by Crippen LogP contribution is -2.18. The van der Waals surface area contributed by atoms with E-state index in [-0.39, 0.29) is 0 Å². The number of rotatable bonds is 5. The largest absolute Gasteiger partial charge is 0.329 e. The first-order valence-electron chi connectivity index (χ1n) is 6.45. The van der Waals surface area contributed by atoms with Gasteiger partial charge < -0.3 is 9.88 Å². The standard InChI is InChI=1S/C14H18N4/c1-11-4-5-15-6-12(11)9-18-10-16-7-14(18)8-17-13-2-3-13/h4-7,10,13,17H,2-3,8-9H2,1H3. The molecular formula is C14H18N4. The summed E-state index contributed by atoms with van der Waals surface area (Å²) in [5, 5.41) is 3.52. The second kappa shape index (κ2) is 4.90. The number of imidazole rings is 1. The van der Waals surface area contributed by atoms with E-state index in [9.17, 15) is 0 Å². The molecule has 2 aromatic heterocycles. The van der Waals surface area contributed by atoms with Gasteiger partial charge in [-0.25, -0.2) is 4.98 Å². The summed E-state index contributed by atoms with van der Waals surface area (Å²) in [6.07, 6.45) is 10.2. The lowest BCUT2D eigenvalue weighted by molar-refractivity contribution is 0.633. The molecule has 0 bridgehead atoms. The van der Waals surface area contributed by atoms with Gasteiger partial charge in [0, 0.05) is 31.2 Å². The number of hydrogen-bond donors (Lipinski definition) is 1. The molecule has 2 heterocycles. The highest BCUT2D eigenvalue weighted by Crippen LogP contribution is 2.19. The third-order valence-electron chi connectivity index (χ3n) is 3.44. The molecule has 1 aliphatic rings. The van der Waals surface area contributed by atoms with E-state index in [0.717, 1.165) is 19.1 Å². The summed E-state index contributed by atoms with van der Waals surface area (Å²) in [6.45, 7) is 3.88. The van der Waals surface area contributed by atoms with Crippen molar-refractivity contribution in [2.45, 2.75) is 38.9 Å². The predicted octanol–water partition coefficient (Wildman–Crippen LogP) is 1.89. The molecule has 0 unspecified atom stereocenters. The van der Waals surface area contributed by atoms with Crippen LogP contribution in [0, 0.1) is 6.92 Å². The fourth-order valence-electron chi connectivity index (χ4n) is 2.02. The van der Waals surface area contributed by atoms with E-state index in [1.165, 1.54) is 29.7 Å². The van der Waals surface area contributed by atoms with E-state index in [0.29, 0.717) is 0 Å². The maximum absolute atomic E-state index is 4.25. The van der Waals surface area contributed by atoms with Crippen molar-refractivity contribution < 1.29 is 0 Å². The Labute approximate surface area is 107 Å². The Morgan fingerprint density at radius 1 is 1.33 bits per heavy atom. The van der Waals surface area contributed by atoms with Gasteiger partial charge in [0.2, 0.25) is 0 Å². The monoisotopic (exact) mass is 242 g/mol. The van der Waals surface area contributed by atoms with E-state index < -0.39 is 0 Å². The van der Waals surface area contributed by atoms with E-state index in [1.807, 2.05) is 31.0 Å². The number of aromatic nitrogens is 3. The Kier molecular flexibility index (Phi) is 3.11. The fourth-order valence-corrected chi connectivity index (χ4v) is 2.02. The van der Waals surface area contributed by atoms with Gasteiger partial charge in [-0.1, -0.05) is 0 Å². The minimum absolute atomic E-state index is 0.730. The molecule has 1 fully saturated rings. The summed E-state index contributed by atoms with van der Waals surface area (Å²) in [5.74, 6) is 0. The molecule has 0 spiro atoms. The quantitative estimate of drug-likeness (QED) is 0.870. The number of nitrogens with zero attached hydrogens (tertiary/aromatic N) is 3. The Balaban J connectivity index is 1.71. The Bertz CT molecular complexity index is 528. The van der Waals surface area contributed by atoms with E-state index >= 15 is 0 Å². The molecule has 0 aromatic carbocycles. The Morgan fingerprint density at radius 3 is 3.00 bits per heavy atom. The van der Waals surface area contributed by atoms with Gasteiger partial charge in [-0.15, -0.1) is 0 Å². The second-order valence-electron chi connectivity index (χ2n) is 4.97. The zero-order chi connectivity index (χ0) is 12.4. The summed E-state index contributed by atoms with van der Waals surface area (Å²) < 4.78 is 2.19. The van der Waals surface area contributed by atoms with Crippen LogP contribution in [0.15, 0.2) is 31.0 Å². The number of hydrogen-bond acceptors (Lipinski definition) is 3. The highest BCUT2D eigenvalue weighted by molar-refractivity contribution is 5.22. The molecule has 1 N–H and O–H groups in total. The van der Waals surface area contributed by atoms with Gasteiger partial charge in [0.15, 0.2) is 0 Å². The molecule has 0 amide bonds. The highest BCUT2D eigenvalue weighted by Gasteiger charge is 2.20. The van der Waals surface area contributed by atoms with E-state index in [1.54, 1.807) is 0 Å². The van der Waals surface area contributed by atoms with Crippen LogP contribution in [0.4, 0.5) is 0 Å². The summed E-state index contributed by atoms with van der Waals surface area (Å²) in [7, 11) is 0. The molecule has 0 aliphatic heterocycles. The van der Waals surface area contributed by atoms with Crippen LogP contribution >= 0.6 is 0 Å². The molecule has 0 radical (unpaired) electrons. The molecule has 0 atom stereocenters. The molecule has 0 saturated heterocycles. The third-order valence-corrected chi connectivity index (χ3v) is 3.44. The molecule has 3 rings (SSSR count).